The summed E-state index contributed by atoms with van der Waals surface area (Å²) in [6.07, 6.45) is 5.48. The van der Waals surface area contributed by atoms with Crippen LogP contribution in [-0.4, -0.2) is 14.3 Å². The standard InChI is InChI=1S/C21H23ClN2O3S/c22-17-3-1-5-19(12-17)24-28(26,27)20-6-2-4-18(13-20)23-21(25)11-16-10-14-7-8-15(16)9-14/h1-6,12-16,24H,7-11H2,(H,23,25)/t14-,15-,16-/m1/s1. The van der Waals surface area contributed by atoms with Crippen LogP contribution < -0.4 is 10.0 Å². The second kappa shape index (κ2) is 7.76. The predicted octanol–water partition coefficient (Wildman–Crippen LogP) is 4.91. The summed E-state index contributed by atoms with van der Waals surface area (Å²) >= 11 is 5.91. The molecule has 2 aromatic rings. The van der Waals surface area contributed by atoms with Crippen LogP contribution in [0.1, 0.15) is 32.1 Å². The highest BCUT2D eigenvalue weighted by Crippen LogP contribution is 2.49. The molecule has 0 spiro atoms. The fourth-order valence-electron chi connectivity index (χ4n) is 4.58. The Bertz CT molecular complexity index is 993. The quantitative estimate of drug-likeness (QED) is 0.700. The largest absolute Gasteiger partial charge is 0.326 e. The number of anilines is 2. The molecule has 0 heterocycles. The topological polar surface area (TPSA) is 75.3 Å². The first-order chi connectivity index (χ1) is 13.4. The molecule has 4 rings (SSSR count). The number of fused-ring (bicyclic) bond motifs is 2. The molecule has 2 saturated carbocycles. The lowest BCUT2D eigenvalue weighted by molar-refractivity contribution is -0.117. The second-order valence-electron chi connectivity index (χ2n) is 7.83. The molecule has 2 fully saturated rings. The number of carbonyl (C=O) groups is 1. The minimum atomic E-state index is -3.78. The van der Waals surface area contributed by atoms with E-state index in [0.29, 0.717) is 34.7 Å². The molecular formula is C21H23ClN2O3S. The third kappa shape index (κ3) is 4.33. The average molecular weight is 419 g/mol. The molecule has 1 amide bonds. The van der Waals surface area contributed by atoms with E-state index in [0.717, 1.165) is 12.3 Å². The Labute approximate surface area is 170 Å². The van der Waals surface area contributed by atoms with E-state index < -0.39 is 10.0 Å². The van der Waals surface area contributed by atoms with Gasteiger partial charge in [0.25, 0.3) is 10.0 Å². The Kier molecular flexibility index (Phi) is 5.34. The van der Waals surface area contributed by atoms with Gasteiger partial charge in [-0.3, -0.25) is 9.52 Å². The maximum absolute atomic E-state index is 12.6. The lowest BCUT2D eigenvalue weighted by Crippen LogP contribution is -2.20. The van der Waals surface area contributed by atoms with E-state index in [-0.39, 0.29) is 10.8 Å². The van der Waals surface area contributed by atoms with Gasteiger partial charge in [-0.2, -0.15) is 0 Å². The van der Waals surface area contributed by atoms with Gasteiger partial charge in [-0.15, -0.1) is 0 Å². The zero-order valence-electron chi connectivity index (χ0n) is 15.4. The molecule has 2 aliphatic rings. The van der Waals surface area contributed by atoms with Gasteiger partial charge in [0.15, 0.2) is 0 Å². The Morgan fingerprint density at radius 1 is 1.04 bits per heavy atom. The van der Waals surface area contributed by atoms with E-state index in [1.54, 1.807) is 36.4 Å². The van der Waals surface area contributed by atoms with E-state index in [1.165, 1.54) is 31.4 Å². The van der Waals surface area contributed by atoms with Crippen LogP contribution in [0.2, 0.25) is 5.02 Å². The summed E-state index contributed by atoms with van der Waals surface area (Å²) < 4.78 is 27.8. The van der Waals surface area contributed by atoms with Crippen molar-refractivity contribution in [3.05, 3.63) is 53.6 Å². The van der Waals surface area contributed by atoms with Crippen molar-refractivity contribution in [1.82, 2.24) is 0 Å². The lowest BCUT2D eigenvalue weighted by Gasteiger charge is -2.21. The van der Waals surface area contributed by atoms with Crippen molar-refractivity contribution >= 4 is 38.9 Å². The van der Waals surface area contributed by atoms with Crippen LogP contribution >= 0.6 is 11.6 Å². The fourth-order valence-corrected chi connectivity index (χ4v) is 5.87. The third-order valence-corrected chi connectivity index (χ3v) is 7.45. The summed E-state index contributed by atoms with van der Waals surface area (Å²) in [5, 5.41) is 3.31. The minimum absolute atomic E-state index is 0.0464. The van der Waals surface area contributed by atoms with Gasteiger partial charge in [-0.05, 0) is 73.4 Å². The zero-order chi connectivity index (χ0) is 19.7. The first-order valence-electron chi connectivity index (χ1n) is 9.57. The summed E-state index contributed by atoms with van der Waals surface area (Å²) in [5.74, 6) is 1.91. The van der Waals surface area contributed by atoms with Gasteiger partial charge in [0.05, 0.1) is 10.6 Å². The van der Waals surface area contributed by atoms with Crippen LogP contribution in [0.5, 0.6) is 0 Å². The SMILES string of the molecule is O=C(C[C@H]1C[C@@H]2CC[C@@H]1C2)Nc1cccc(S(=O)(=O)Nc2cccc(Cl)c2)c1. The van der Waals surface area contributed by atoms with Crippen LogP contribution in [-0.2, 0) is 14.8 Å². The highest BCUT2D eigenvalue weighted by atomic mass is 35.5. The van der Waals surface area contributed by atoms with E-state index in [9.17, 15) is 13.2 Å². The molecular weight excluding hydrogens is 396 g/mol. The molecule has 0 saturated heterocycles. The van der Waals surface area contributed by atoms with Crippen molar-refractivity contribution in [2.24, 2.45) is 17.8 Å². The van der Waals surface area contributed by atoms with Crippen LogP contribution in [0.15, 0.2) is 53.4 Å². The van der Waals surface area contributed by atoms with Gasteiger partial charge in [-0.25, -0.2) is 8.42 Å². The first kappa shape index (κ1) is 19.3. The van der Waals surface area contributed by atoms with Crippen molar-refractivity contribution in [3.8, 4) is 0 Å². The zero-order valence-corrected chi connectivity index (χ0v) is 17.0. The summed E-state index contributed by atoms with van der Waals surface area (Å²) in [6, 6.07) is 12.8. The van der Waals surface area contributed by atoms with E-state index >= 15 is 0 Å². The van der Waals surface area contributed by atoms with Crippen molar-refractivity contribution in [3.63, 3.8) is 0 Å². The Balaban J connectivity index is 1.42. The lowest BCUT2D eigenvalue weighted by atomic mass is 9.86. The number of hydrogen-bond acceptors (Lipinski definition) is 3. The minimum Gasteiger partial charge on any atom is -0.326 e. The van der Waals surface area contributed by atoms with Crippen LogP contribution in [0.25, 0.3) is 0 Å². The van der Waals surface area contributed by atoms with Crippen molar-refractivity contribution in [2.75, 3.05) is 10.0 Å². The number of benzene rings is 2. The van der Waals surface area contributed by atoms with Crippen molar-refractivity contribution in [2.45, 2.75) is 37.0 Å². The summed E-state index contributed by atoms with van der Waals surface area (Å²) in [6.45, 7) is 0. The van der Waals surface area contributed by atoms with Gasteiger partial charge >= 0.3 is 0 Å². The van der Waals surface area contributed by atoms with Gasteiger partial charge < -0.3 is 5.32 Å². The summed E-state index contributed by atoms with van der Waals surface area (Å²) in [4.78, 5) is 12.5. The molecule has 0 radical (unpaired) electrons. The molecule has 0 unspecified atom stereocenters. The number of halogens is 1. The van der Waals surface area contributed by atoms with E-state index in [2.05, 4.69) is 10.0 Å². The molecule has 5 nitrogen and oxygen atoms in total. The van der Waals surface area contributed by atoms with Gasteiger partial charge in [-0.1, -0.05) is 30.2 Å². The van der Waals surface area contributed by atoms with Crippen LogP contribution in [0.3, 0.4) is 0 Å². The fraction of sp³-hybridized carbons (Fsp3) is 0.381. The molecule has 2 N–H and O–H groups in total. The number of nitrogens with one attached hydrogen (secondary N) is 2. The van der Waals surface area contributed by atoms with E-state index in [1.807, 2.05) is 0 Å². The van der Waals surface area contributed by atoms with Crippen molar-refractivity contribution < 1.29 is 13.2 Å². The molecule has 2 aromatic carbocycles. The van der Waals surface area contributed by atoms with Crippen LogP contribution in [0.4, 0.5) is 11.4 Å². The molecule has 148 valence electrons. The van der Waals surface area contributed by atoms with Crippen molar-refractivity contribution in [1.29, 1.82) is 0 Å². The number of hydrogen-bond donors (Lipinski definition) is 2. The first-order valence-corrected chi connectivity index (χ1v) is 11.4. The molecule has 28 heavy (non-hydrogen) atoms. The molecule has 0 aliphatic heterocycles. The maximum Gasteiger partial charge on any atom is 0.261 e. The normalized spacial score (nSPS) is 23.5. The monoisotopic (exact) mass is 418 g/mol. The smallest absolute Gasteiger partial charge is 0.261 e. The number of sulfonamides is 1. The van der Waals surface area contributed by atoms with E-state index in [4.69, 9.17) is 11.6 Å². The Hall–Kier alpha value is -2.05. The predicted molar refractivity (Wildman–Crippen MR) is 111 cm³/mol. The van der Waals surface area contributed by atoms with Crippen LogP contribution in [0, 0.1) is 17.8 Å². The maximum atomic E-state index is 12.6. The number of amides is 1. The highest BCUT2D eigenvalue weighted by Gasteiger charge is 2.40. The summed E-state index contributed by atoms with van der Waals surface area (Å²) in [5.41, 5.74) is 0.875. The number of rotatable bonds is 6. The molecule has 0 aromatic heterocycles. The molecule has 3 atom stereocenters. The van der Waals surface area contributed by atoms with Gasteiger partial charge in [0, 0.05) is 17.1 Å². The molecule has 2 bridgehead atoms. The third-order valence-electron chi connectivity index (χ3n) is 5.84. The van der Waals surface area contributed by atoms with Gasteiger partial charge in [0.1, 0.15) is 0 Å². The highest BCUT2D eigenvalue weighted by molar-refractivity contribution is 7.92. The second-order valence-corrected chi connectivity index (χ2v) is 9.95. The van der Waals surface area contributed by atoms with Gasteiger partial charge in [0.2, 0.25) is 5.91 Å². The Morgan fingerprint density at radius 3 is 2.54 bits per heavy atom. The average Bonchev–Trinajstić information content (AvgIpc) is 3.24. The number of carbonyl (C=O) groups excluding carboxylic acids is 1. The molecule has 7 heteroatoms. The molecule has 2 aliphatic carbocycles. The summed E-state index contributed by atoms with van der Waals surface area (Å²) in [7, 11) is -3.78. The Morgan fingerprint density at radius 2 is 1.82 bits per heavy atom.